The van der Waals surface area contributed by atoms with Crippen LogP contribution in [0.4, 0.5) is 10.5 Å². The number of aryl methyl sites for hydroxylation is 1. The lowest BCUT2D eigenvalue weighted by molar-refractivity contribution is -0.386. The zero-order valence-corrected chi connectivity index (χ0v) is 17.4. The number of carbonyl (C=O) groups excluding carboxylic acids is 1. The standard InChI is InChI=1S/C21H23N3O7/c1-20(2,3)31-19(27)23-21(18(25)26)10-9-13-6-4-8-16(14(13)12-21)30-17-15(24(28)29)7-5-11-22-17/h4-8,11H,9-10,12H2,1-3H3,(H,23,27)(H,25,26)/t21-/m1/s1. The number of aliphatic carboxylic acids is 1. The van der Waals surface area contributed by atoms with Gasteiger partial charge in [0.2, 0.25) is 0 Å². The third-order valence-corrected chi connectivity index (χ3v) is 4.83. The lowest BCUT2D eigenvalue weighted by atomic mass is 9.77. The van der Waals surface area contributed by atoms with Crippen LogP contribution in [0, 0.1) is 10.1 Å². The number of carboxylic acids is 1. The molecule has 0 aliphatic heterocycles. The monoisotopic (exact) mass is 429 g/mol. The van der Waals surface area contributed by atoms with Crippen LogP contribution in [0.5, 0.6) is 11.6 Å². The van der Waals surface area contributed by atoms with E-state index in [1.54, 1.807) is 32.9 Å². The van der Waals surface area contributed by atoms with Crippen molar-refractivity contribution in [3.8, 4) is 11.6 Å². The molecule has 0 saturated heterocycles. The van der Waals surface area contributed by atoms with Gasteiger partial charge in [0, 0.05) is 24.2 Å². The molecule has 2 N–H and O–H groups in total. The third-order valence-electron chi connectivity index (χ3n) is 4.83. The Morgan fingerprint density at radius 1 is 1.26 bits per heavy atom. The van der Waals surface area contributed by atoms with Gasteiger partial charge in [0.25, 0.3) is 5.88 Å². The van der Waals surface area contributed by atoms with E-state index in [1.807, 2.05) is 6.07 Å². The quantitative estimate of drug-likeness (QED) is 0.542. The average molecular weight is 429 g/mol. The van der Waals surface area contributed by atoms with Crippen molar-refractivity contribution < 1.29 is 29.1 Å². The maximum atomic E-state index is 12.3. The van der Waals surface area contributed by atoms with Gasteiger partial charge in [0.15, 0.2) is 0 Å². The molecular weight excluding hydrogens is 406 g/mol. The molecule has 10 nitrogen and oxygen atoms in total. The summed E-state index contributed by atoms with van der Waals surface area (Å²) in [5.74, 6) is -1.16. The topological polar surface area (TPSA) is 141 Å². The molecule has 0 radical (unpaired) electrons. The molecule has 1 aromatic heterocycles. The van der Waals surface area contributed by atoms with E-state index in [2.05, 4.69) is 10.3 Å². The Hall–Kier alpha value is -3.69. The summed E-state index contributed by atoms with van der Waals surface area (Å²) >= 11 is 0. The van der Waals surface area contributed by atoms with Gasteiger partial charge in [-0.15, -0.1) is 0 Å². The van der Waals surface area contributed by atoms with Crippen molar-refractivity contribution in [1.82, 2.24) is 10.3 Å². The molecule has 1 amide bonds. The van der Waals surface area contributed by atoms with Crippen molar-refractivity contribution in [1.29, 1.82) is 0 Å². The summed E-state index contributed by atoms with van der Waals surface area (Å²) in [6.45, 7) is 5.05. The fourth-order valence-electron chi connectivity index (χ4n) is 3.43. The molecule has 1 aromatic carbocycles. The number of amides is 1. The highest BCUT2D eigenvalue weighted by atomic mass is 16.6. The summed E-state index contributed by atoms with van der Waals surface area (Å²) in [4.78, 5) is 39.1. The molecule has 0 bridgehead atoms. The van der Waals surface area contributed by atoms with E-state index >= 15 is 0 Å². The largest absolute Gasteiger partial charge is 0.479 e. The van der Waals surface area contributed by atoms with Crippen molar-refractivity contribution in [2.24, 2.45) is 0 Å². The first kappa shape index (κ1) is 22.0. The number of ether oxygens (including phenoxy) is 2. The molecule has 164 valence electrons. The molecule has 10 heteroatoms. The Morgan fingerprint density at radius 3 is 2.65 bits per heavy atom. The summed E-state index contributed by atoms with van der Waals surface area (Å²) in [5.41, 5.74) is -1.34. The highest BCUT2D eigenvalue weighted by molar-refractivity contribution is 5.85. The highest BCUT2D eigenvalue weighted by Crippen LogP contribution is 2.38. The number of rotatable bonds is 5. The first-order valence-corrected chi connectivity index (χ1v) is 9.63. The van der Waals surface area contributed by atoms with Gasteiger partial charge in [-0.05, 0) is 51.3 Å². The van der Waals surface area contributed by atoms with Crippen LogP contribution in [0.1, 0.15) is 38.3 Å². The van der Waals surface area contributed by atoms with Crippen molar-refractivity contribution >= 4 is 17.7 Å². The van der Waals surface area contributed by atoms with E-state index in [0.29, 0.717) is 12.0 Å². The number of carbonyl (C=O) groups is 2. The Kier molecular flexibility index (Phi) is 5.83. The molecule has 31 heavy (non-hydrogen) atoms. The zero-order chi connectivity index (χ0) is 22.8. The second-order valence-corrected chi connectivity index (χ2v) is 8.27. The van der Waals surface area contributed by atoms with Crippen LogP contribution in [-0.2, 0) is 22.4 Å². The minimum atomic E-state index is -1.61. The van der Waals surface area contributed by atoms with Crippen molar-refractivity contribution in [3.63, 3.8) is 0 Å². The summed E-state index contributed by atoms with van der Waals surface area (Å²) in [7, 11) is 0. The summed E-state index contributed by atoms with van der Waals surface area (Å²) in [5, 5.41) is 23.7. The summed E-state index contributed by atoms with van der Waals surface area (Å²) < 4.78 is 11.0. The van der Waals surface area contributed by atoms with Crippen LogP contribution in [0.25, 0.3) is 0 Å². The van der Waals surface area contributed by atoms with Crippen molar-refractivity contribution in [2.75, 3.05) is 0 Å². The van der Waals surface area contributed by atoms with Gasteiger partial charge < -0.3 is 19.9 Å². The lowest BCUT2D eigenvalue weighted by Gasteiger charge is -2.36. The lowest BCUT2D eigenvalue weighted by Crippen LogP contribution is -2.58. The Morgan fingerprint density at radius 2 is 2.00 bits per heavy atom. The molecule has 0 fully saturated rings. The van der Waals surface area contributed by atoms with Gasteiger partial charge >= 0.3 is 17.7 Å². The number of benzene rings is 1. The second-order valence-electron chi connectivity index (χ2n) is 8.27. The first-order valence-electron chi connectivity index (χ1n) is 9.63. The fourth-order valence-corrected chi connectivity index (χ4v) is 3.43. The molecule has 1 aliphatic rings. The van der Waals surface area contributed by atoms with E-state index in [9.17, 15) is 24.8 Å². The van der Waals surface area contributed by atoms with Gasteiger partial charge in [0.1, 0.15) is 16.9 Å². The molecule has 1 atom stereocenters. The Labute approximate surface area is 178 Å². The number of fused-ring (bicyclic) bond motifs is 1. The molecule has 1 heterocycles. The van der Waals surface area contributed by atoms with Crippen molar-refractivity contribution in [3.05, 3.63) is 57.8 Å². The van der Waals surface area contributed by atoms with Gasteiger partial charge in [-0.1, -0.05) is 12.1 Å². The van der Waals surface area contributed by atoms with Crippen LogP contribution in [0.15, 0.2) is 36.5 Å². The zero-order valence-electron chi connectivity index (χ0n) is 17.4. The Bertz CT molecular complexity index is 1030. The Balaban J connectivity index is 1.95. The number of nitrogens with one attached hydrogen (secondary N) is 1. The molecule has 0 saturated carbocycles. The van der Waals surface area contributed by atoms with E-state index in [-0.39, 0.29) is 30.2 Å². The molecule has 3 rings (SSSR count). The average Bonchev–Trinajstić information content (AvgIpc) is 2.67. The number of nitrogens with zero attached hydrogens (tertiary/aromatic N) is 2. The van der Waals surface area contributed by atoms with Crippen LogP contribution in [-0.4, -0.2) is 38.2 Å². The van der Waals surface area contributed by atoms with E-state index < -0.39 is 28.1 Å². The number of hydrogen-bond donors (Lipinski definition) is 2. The maximum Gasteiger partial charge on any atom is 0.408 e. The second kappa shape index (κ2) is 8.21. The predicted molar refractivity (Wildman–Crippen MR) is 109 cm³/mol. The van der Waals surface area contributed by atoms with Crippen LogP contribution >= 0.6 is 0 Å². The first-order chi connectivity index (χ1) is 14.5. The smallest absolute Gasteiger partial charge is 0.408 e. The highest BCUT2D eigenvalue weighted by Gasteiger charge is 2.45. The van der Waals surface area contributed by atoms with E-state index in [1.165, 1.54) is 18.3 Å². The third kappa shape index (κ3) is 4.90. The van der Waals surface area contributed by atoms with Gasteiger partial charge in [-0.2, -0.15) is 0 Å². The van der Waals surface area contributed by atoms with Gasteiger partial charge in [0.05, 0.1) is 4.92 Å². The molecule has 2 aromatic rings. The van der Waals surface area contributed by atoms with Gasteiger partial charge in [-0.3, -0.25) is 10.1 Å². The van der Waals surface area contributed by atoms with Gasteiger partial charge in [-0.25, -0.2) is 14.6 Å². The molecule has 0 spiro atoms. The summed E-state index contributed by atoms with van der Waals surface area (Å²) in [6, 6.07) is 7.82. The summed E-state index contributed by atoms with van der Waals surface area (Å²) in [6.07, 6.45) is 0.967. The molecule has 1 aliphatic carbocycles. The molecule has 0 unspecified atom stereocenters. The SMILES string of the molecule is CC(C)(C)OC(=O)N[C@]1(C(=O)O)CCc2cccc(Oc3ncccc3[N+](=O)[O-])c2C1. The van der Waals surface area contributed by atoms with E-state index in [0.717, 1.165) is 5.56 Å². The number of nitro groups is 1. The fraction of sp³-hybridized carbons (Fsp3) is 0.381. The minimum Gasteiger partial charge on any atom is -0.479 e. The van der Waals surface area contributed by atoms with Crippen LogP contribution in [0.2, 0.25) is 0 Å². The maximum absolute atomic E-state index is 12.3. The van der Waals surface area contributed by atoms with E-state index in [4.69, 9.17) is 9.47 Å². The number of pyridine rings is 1. The number of hydrogen-bond acceptors (Lipinski definition) is 7. The number of carboxylic acid groups (broad SMARTS) is 1. The minimum absolute atomic E-state index is 0.0757. The number of aromatic nitrogens is 1. The van der Waals surface area contributed by atoms with Crippen LogP contribution < -0.4 is 10.1 Å². The number of alkyl carbamates (subject to hydrolysis) is 1. The van der Waals surface area contributed by atoms with Crippen molar-refractivity contribution in [2.45, 2.75) is 51.2 Å². The normalized spacial score (nSPS) is 17.9. The van der Waals surface area contributed by atoms with Crippen LogP contribution in [0.3, 0.4) is 0 Å². The predicted octanol–water partition coefficient (Wildman–Crippen LogP) is 3.62. The molecular formula is C21H23N3O7.